The van der Waals surface area contributed by atoms with Crippen LogP contribution in [-0.2, 0) is 0 Å². The lowest BCUT2D eigenvalue weighted by molar-refractivity contribution is 0.227. The van der Waals surface area contributed by atoms with E-state index in [9.17, 15) is 0 Å². The lowest BCUT2D eigenvalue weighted by Crippen LogP contribution is -2.26. The number of hydrogen-bond acceptors (Lipinski definition) is 1. The van der Waals surface area contributed by atoms with Gasteiger partial charge in [-0.2, -0.15) is 0 Å². The molecular formula is C10H23N. The van der Waals surface area contributed by atoms with Gasteiger partial charge in [0.05, 0.1) is 0 Å². The van der Waals surface area contributed by atoms with Crippen LogP contribution in [0.2, 0.25) is 0 Å². The Bertz CT molecular complexity index is 95.0. The number of rotatable bonds is 5. The highest BCUT2D eigenvalue weighted by molar-refractivity contribution is 4.72. The van der Waals surface area contributed by atoms with Crippen LogP contribution in [0.25, 0.3) is 0 Å². The van der Waals surface area contributed by atoms with Gasteiger partial charge < -0.3 is 5.32 Å². The first-order valence-electron chi connectivity index (χ1n) is 4.71. The van der Waals surface area contributed by atoms with E-state index in [1.54, 1.807) is 0 Å². The van der Waals surface area contributed by atoms with Gasteiger partial charge in [0.25, 0.3) is 0 Å². The second kappa shape index (κ2) is 4.76. The van der Waals surface area contributed by atoms with Gasteiger partial charge in [-0.25, -0.2) is 0 Å². The molecule has 0 saturated heterocycles. The average molecular weight is 157 g/mol. The van der Waals surface area contributed by atoms with Gasteiger partial charge in [-0.05, 0) is 30.8 Å². The van der Waals surface area contributed by atoms with Crippen molar-refractivity contribution >= 4 is 0 Å². The van der Waals surface area contributed by atoms with Crippen molar-refractivity contribution in [3.8, 4) is 0 Å². The van der Waals surface area contributed by atoms with E-state index in [2.05, 4.69) is 39.9 Å². The molecule has 0 radical (unpaired) electrons. The minimum atomic E-state index is 0.488. The van der Waals surface area contributed by atoms with Gasteiger partial charge in [0, 0.05) is 0 Å². The summed E-state index contributed by atoms with van der Waals surface area (Å²) in [5.41, 5.74) is 0.488. The molecule has 1 nitrogen and oxygen atoms in total. The maximum absolute atomic E-state index is 3.36. The second-order valence-corrected chi connectivity index (χ2v) is 4.25. The fourth-order valence-electron chi connectivity index (χ4n) is 0.876. The first-order chi connectivity index (χ1) is 5.00. The van der Waals surface area contributed by atoms with Gasteiger partial charge in [-0.1, -0.05) is 34.6 Å². The summed E-state index contributed by atoms with van der Waals surface area (Å²) in [7, 11) is 0. The average Bonchev–Trinajstić information content (AvgIpc) is 1.88. The molecule has 0 unspecified atom stereocenters. The van der Waals surface area contributed by atoms with E-state index in [1.165, 1.54) is 6.42 Å². The van der Waals surface area contributed by atoms with E-state index in [-0.39, 0.29) is 0 Å². The van der Waals surface area contributed by atoms with Gasteiger partial charge in [-0.15, -0.1) is 0 Å². The van der Waals surface area contributed by atoms with Crippen LogP contribution in [0, 0.1) is 11.3 Å². The quantitative estimate of drug-likeness (QED) is 0.605. The van der Waals surface area contributed by atoms with E-state index in [1.807, 2.05) is 0 Å². The van der Waals surface area contributed by atoms with E-state index in [0.717, 1.165) is 19.0 Å². The topological polar surface area (TPSA) is 12.0 Å². The molecule has 0 aromatic carbocycles. The maximum Gasteiger partial charge on any atom is -0.00438 e. The van der Waals surface area contributed by atoms with Crippen LogP contribution in [0.1, 0.15) is 41.0 Å². The van der Waals surface area contributed by atoms with Crippen molar-refractivity contribution in [1.29, 1.82) is 0 Å². The third kappa shape index (κ3) is 4.41. The summed E-state index contributed by atoms with van der Waals surface area (Å²) >= 11 is 0. The molecule has 0 fully saturated rings. The Morgan fingerprint density at radius 2 is 1.82 bits per heavy atom. The largest absolute Gasteiger partial charge is 0.317 e. The van der Waals surface area contributed by atoms with Crippen molar-refractivity contribution in [1.82, 2.24) is 5.32 Å². The molecule has 0 aromatic rings. The number of hydrogen-bond donors (Lipinski definition) is 1. The highest BCUT2D eigenvalue weighted by Crippen LogP contribution is 2.29. The molecule has 0 saturated carbocycles. The molecule has 0 heterocycles. The molecule has 1 N–H and O–H groups in total. The predicted molar refractivity (Wildman–Crippen MR) is 51.8 cm³/mol. The highest BCUT2D eigenvalue weighted by Gasteiger charge is 2.20. The Labute approximate surface area is 71.6 Å². The fourth-order valence-corrected chi connectivity index (χ4v) is 0.876. The van der Waals surface area contributed by atoms with E-state index < -0.39 is 0 Å². The Kier molecular flexibility index (Phi) is 4.74. The second-order valence-electron chi connectivity index (χ2n) is 4.25. The molecule has 68 valence electrons. The molecule has 0 bridgehead atoms. The maximum atomic E-state index is 3.36. The Hall–Kier alpha value is -0.0400. The van der Waals surface area contributed by atoms with Gasteiger partial charge in [0.2, 0.25) is 0 Å². The normalized spacial score (nSPS) is 12.5. The smallest absolute Gasteiger partial charge is 0.00438 e. The molecule has 0 amide bonds. The Morgan fingerprint density at radius 1 is 1.27 bits per heavy atom. The SMILES string of the molecule is CCNCCC(C)(C)C(C)C. The summed E-state index contributed by atoms with van der Waals surface area (Å²) in [5, 5.41) is 3.36. The molecular weight excluding hydrogens is 134 g/mol. The van der Waals surface area contributed by atoms with Crippen LogP contribution in [0.3, 0.4) is 0 Å². The molecule has 11 heavy (non-hydrogen) atoms. The van der Waals surface area contributed by atoms with E-state index in [4.69, 9.17) is 0 Å². The lowest BCUT2D eigenvalue weighted by Gasteiger charge is -2.29. The lowest BCUT2D eigenvalue weighted by atomic mass is 9.78. The molecule has 1 heteroatoms. The first-order valence-corrected chi connectivity index (χ1v) is 4.71. The molecule has 0 aromatic heterocycles. The Balaban J connectivity index is 3.55. The minimum Gasteiger partial charge on any atom is -0.317 e. The van der Waals surface area contributed by atoms with E-state index >= 15 is 0 Å². The molecule has 0 spiro atoms. The summed E-state index contributed by atoms with van der Waals surface area (Å²) < 4.78 is 0. The zero-order valence-electron chi connectivity index (χ0n) is 8.70. The van der Waals surface area contributed by atoms with Gasteiger partial charge >= 0.3 is 0 Å². The van der Waals surface area contributed by atoms with Crippen molar-refractivity contribution in [2.24, 2.45) is 11.3 Å². The summed E-state index contributed by atoms with van der Waals surface area (Å²) in [6.45, 7) is 13.7. The van der Waals surface area contributed by atoms with Crippen molar-refractivity contribution in [3.05, 3.63) is 0 Å². The number of nitrogens with one attached hydrogen (secondary N) is 1. The zero-order valence-corrected chi connectivity index (χ0v) is 8.70. The summed E-state index contributed by atoms with van der Waals surface area (Å²) in [6, 6.07) is 0. The van der Waals surface area contributed by atoms with Gasteiger partial charge in [0.15, 0.2) is 0 Å². The minimum absolute atomic E-state index is 0.488. The third-order valence-electron chi connectivity index (χ3n) is 2.76. The van der Waals surface area contributed by atoms with Crippen LogP contribution < -0.4 is 5.32 Å². The van der Waals surface area contributed by atoms with Gasteiger partial charge in [-0.3, -0.25) is 0 Å². The summed E-state index contributed by atoms with van der Waals surface area (Å²) in [6.07, 6.45) is 1.28. The standard InChI is InChI=1S/C10H23N/c1-6-11-8-7-10(4,5)9(2)3/h9,11H,6-8H2,1-5H3. The monoisotopic (exact) mass is 157 g/mol. The Morgan fingerprint density at radius 3 is 2.18 bits per heavy atom. The van der Waals surface area contributed by atoms with Crippen molar-refractivity contribution in [2.45, 2.75) is 41.0 Å². The summed E-state index contributed by atoms with van der Waals surface area (Å²) in [5.74, 6) is 0.779. The molecule has 0 aliphatic carbocycles. The summed E-state index contributed by atoms with van der Waals surface area (Å²) in [4.78, 5) is 0. The van der Waals surface area contributed by atoms with Crippen molar-refractivity contribution < 1.29 is 0 Å². The van der Waals surface area contributed by atoms with Crippen molar-refractivity contribution in [3.63, 3.8) is 0 Å². The van der Waals surface area contributed by atoms with Crippen LogP contribution >= 0.6 is 0 Å². The predicted octanol–water partition coefficient (Wildman–Crippen LogP) is 2.67. The zero-order chi connectivity index (χ0) is 8.91. The van der Waals surface area contributed by atoms with E-state index in [0.29, 0.717) is 5.41 Å². The molecule has 0 rings (SSSR count). The van der Waals surface area contributed by atoms with Gasteiger partial charge in [0.1, 0.15) is 0 Å². The molecule has 0 aliphatic heterocycles. The van der Waals surface area contributed by atoms with Crippen LogP contribution in [0.15, 0.2) is 0 Å². The van der Waals surface area contributed by atoms with Crippen LogP contribution in [0.4, 0.5) is 0 Å². The van der Waals surface area contributed by atoms with Crippen LogP contribution in [-0.4, -0.2) is 13.1 Å². The van der Waals surface area contributed by atoms with Crippen LogP contribution in [0.5, 0.6) is 0 Å². The first kappa shape index (κ1) is 11.0. The van der Waals surface area contributed by atoms with Crippen molar-refractivity contribution in [2.75, 3.05) is 13.1 Å². The molecule has 0 aliphatic rings. The fraction of sp³-hybridized carbons (Fsp3) is 1.00. The third-order valence-corrected chi connectivity index (χ3v) is 2.76. The molecule has 0 atom stereocenters. The highest BCUT2D eigenvalue weighted by atomic mass is 14.8.